The van der Waals surface area contributed by atoms with Gasteiger partial charge in [-0.1, -0.05) is 6.58 Å². The van der Waals surface area contributed by atoms with E-state index >= 15 is 0 Å². The average molecular weight is 286 g/mol. The number of carbonyl (C=O) groups is 1. The molecule has 0 unspecified atom stereocenters. The summed E-state index contributed by atoms with van der Waals surface area (Å²) in [5, 5.41) is 0. The van der Waals surface area contributed by atoms with E-state index in [9.17, 15) is 21.6 Å². The normalized spacial score (nSPS) is 12.1. The minimum atomic E-state index is -3.99. The first kappa shape index (κ1) is 16.0. The molecule has 100 valence electrons. The van der Waals surface area contributed by atoms with Crippen LogP contribution < -0.4 is 9.61 Å². The molecule has 0 aliphatic heterocycles. The number of nitrogens with one attached hydrogen (secondary N) is 2. The summed E-state index contributed by atoms with van der Waals surface area (Å²) in [5.74, 6) is -1.19. The van der Waals surface area contributed by atoms with E-state index in [4.69, 9.17) is 0 Å². The number of hydroxylamine groups is 1. The first-order valence-electron chi connectivity index (χ1n) is 4.32. The molecule has 10 heteroatoms. The quantitative estimate of drug-likeness (QED) is 0.333. The lowest BCUT2D eigenvalue weighted by atomic mass is 10.3. The molecule has 17 heavy (non-hydrogen) atoms. The van der Waals surface area contributed by atoms with Crippen molar-refractivity contribution in [1.29, 1.82) is 0 Å². The van der Waals surface area contributed by atoms with Crippen molar-refractivity contribution in [3.05, 3.63) is 12.2 Å². The zero-order chi connectivity index (χ0) is 13.7. The number of carbonyl (C=O) groups excluding carboxylic acids is 1. The largest absolute Gasteiger partial charge is 0.272 e. The second-order valence-electron chi connectivity index (χ2n) is 3.23. The second-order valence-corrected chi connectivity index (χ2v) is 7.08. The summed E-state index contributed by atoms with van der Waals surface area (Å²) in [6.07, 6.45) is 0.717. The van der Waals surface area contributed by atoms with Crippen LogP contribution in [0.15, 0.2) is 12.2 Å². The highest BCUT2D eigenvalue weighted by atomic mass is 32.3. The SMILES string of the molecule is C=C(C)C(=O)NOCCS(=O)(=O)NS(C)(=O)=O. The van der Waals surface area contributed by atoms with Crippen LogP contribution in [-0.4, -0.2) is 41.4 Å². The predicted octanol–water partition coefficient (Wildman–Crippen LogP) is -1.51. The molecule has 0 aromatic rings. The van der Waals surface area contributed by atoms with Gasteiger partial charge in [-0.25, -0.2) is 22.3 Å². The van der Waals surface area contributed by atoms with Gasteiger partial charge in [0.25, 0.3) is 5.91 Å². The molecule has 0 fully saturated rings. The van der Waals surface area contributed by atoms with E-state index < -0.39 is 31.7 Å². The Morgan fingerprint density at radius 2 is 1.82 bits per heavy atom. The van der Waals surface area contributed by atoms with Gasteiger partial charge in [-0.15, -0.1) is 4.13 Å². The maximum atomic E-state index is 11.1. The van der Waals surface area contributed by atoms with E-state index in [0.29, 0.717) is 6.26 Å². The van der Waals surface area contributed by atoms with Gasteiger partial charge in [0.05, 0.1) is 18.6 Å². The third kappa shape index (κ3) is 8.80. The van der Waals surface area contributed by atoms with Crippen molar-refractivity contribution in [3.8, 4) is 0 Å². The van der Waals surface area contributed by atoms with Gasteiger partial charge in [-0.3, -0.25) is 9.63 Å². The van der Waals surface area contributed by atoms with Gasteiger partial charge in [-0.05, 0) is 6.92 Å². The molecule has 2 N–H and O–H groups in total. The van der Waals surface area contributed by atoms with Crippen LogP contribution in [0, 0.1) is 0 Å². The highest BCUT2D eigenvalue weighted by Crippen LogP contribution is 1.89. The molecule has 0 saturated carbocycles. The maximum Gasteiger partial charge on any atom is 0.269 e. The summed E-state index contributed by atoms with van der Waals surface area (Å²) < 4.78 is 45.0. The molecule has 0 saturated heterocycles. The van der Waals surface area contributed by atoms with Gasteiger partial charge in [0.15, 0.2) is 0 Å². The Balaban J connectivity index is 4.06. The van der Waals surface area contributed by atoms with E-state index in [1.165, 1.54) is 11.1 Å². The lowest BCUT2D eigenvalue weighted by Crippen LogP contribution is -2.34. The molecule has 1 amide bonds. The van der Waals surface area contributed by atoms with Crippen LogP contribution in [0.5, 0.6) is 0 Å². The van der Waals surface area contributed by atoms with E-state index in [1.54, 1.807) is 0 Å². The molecule has 0 heterocycles. The molecule has 0 aromatic carbocycles. The lowest BCUT2D eigenvalue weighted by Gasteiger charge is -2.06. The number of hydrogen-bond acceptors (Lipinski definition) is 6. The monoisotopic (exact) mass is 286 g/mol. The third-order valence-electron chi connectivity index (χ3n) is 1.28. The molecule has 0 aliphatic carbocycles. The minimum Gasteiger partial charge on any atom is -0.272 e. The molecule has 0 atom stereocenters. The molecular weight excluding hydrogens is 272 g/mol. The Kier molecular flexibility index (Phi) is 5.75. The van der Waals surface area contributed by atoms with E-state index in [1.807, 2.05) is 5.48 Å². The number of amides is 1. The zero-order valence-electron chi connectivity index (χ0n) is 9.39. The molecule has 0 aliphatic rings. The second kappa shape index (κ2) is 6.10. The first-order valence-corrected chi connectivity index (χ1v) is 7.87. The van der Waals surface area contributed by atoms with Gasteiger partial charge < -0.3 is 0 Å². The smallest absolute Gasteiger partial charge is 0.269 e. The highest BCUT2D eigenvalue weighted by molar-refractivity contribution is 8.04. The van der Waals surface area contributed by atoms with Crippen molar-refractivity contribution in [2.24, 2.45) is 0 Å². The van der Waals surface area contributed by atoms with Crippen molar-refractivity contribution in [1.82, 2.24) is 9.61 Å². The van der Waals surface area contributed by atoms with Crippen molar-refractivity contribution in [2.45, 2.75) is 6.92 Å². The van der Waals surface area contributed by atoms with Crippen LogP contribution in [-0.2, 0) is 29.7 Å². The van der Waals surface area contributed by atoms with Crippen molar-refractivity contribution in [3.63, 3.8) is 0 Å². The van der Waals surface area contributed by atoms with Crippen LogP contribution in [0.25, 0.3) is 0 Å². The van der Waals surface area contributed by atoms with Crippen LogP contribution in [0.1, 0.15) is 6.92 Å². The Morgan fingerprint density at radius 1 is 1.29 bits per heavy atom. The summed E-state index contributed by atoms with van der Waals surface area (Å²) in [6.45, 7) is 4.39. The Bertz CT molecular complexity index is 492. The van der Waals surface area contributed by atoms with Gasteiger partial charge >= 0.3 is 0 Å². The lowest BCUT2D eigenvalue weighted by molar-refractivity contribution is -0.129. The summed E-state index contributed by atoms with van der Waals surface area (Å²) in [4.78, 5) is 15.4. The Labute approximate surface area is 100 Å². The predicted molar refractivity (Wildman–Crippen MR) is 60.7 cm³/mol. The molecule has 0 spiro atoms. The van der Waals surface area contributed by atoms with Crippen molar-refractivity contribution >= 4 is 26.0 Å². The number of sulfonamides is 2. The van der Waals surface area contributed by atoms with Crippen LogP contribution in [0.4, 0.5) is 0 Å². The molecule has 8 nitrogen and oxygen atoms in total. The summed E-state index contributed by atoms with van der Waals surface area (Å²) >= 11 is 0. The standard InChI is InChI=1S/C7H14N2O6S2/c1-6(2)7(10)8-15-4-5-17(13,14)9-16(3,11)12/h9H,1,4-5H2,2-3H3,(H,8,10). The summed E-state index contributed by atoms with van der Waals surface area (Å²) in [7, 11) is -7.84. The molecular formula is C7H14N2O6S2. The topological polar surface area (TPSA) is 119 Å². The van der Waals surface area contributed by atoms with Crippen LogP contribution in [0.2, 0.25) is 0 Å². The molecule has 0 rings (SSSR count). The Morgan fingerprint density at radius 3 is 2.24 bits per heavy atom. The first-order chi connectivity index (χ1) is 7.53. The van der Waals surface area contributed by atoms with Crippen molar-refractivity contribution in [2.75, 3.05) is 18.6 Å². The van der Waals surface area contributed by atoms with E-state index in [-0.39, 0.29) is 12.2 Å². The summed E-state index contributed by atoms with van der Waals surface area (Å²) in [6, 6.07) is 0. The molecule has 0 bridgehead atoms. The Hall–Kier alpha value is -0.970. The summed E-state index contributed by atoms with van der Waals surface area (Å²) in [5.41, 5.74) is 2.13. The average Bonchev–Trinajstić information content (AvgIpc) is 2.07. The van der Waals surface area contributed by atoms with Gasteiger partial charge in [0, 0.05) is 5.57 Å². The maximum absolute atomic E-state index is 11.1. The number of hydrogen-bond donors (Lipinski definition) is 2. The fourth-order valence-electron chi connectivity index (χ4n) is 0.627. The van der Waals surface area contributed by atoms with Gasteiger partial charge in [-0.2, -0.15) is 0 Å². The third-order valence-corrected chi connectivity index (χ3v) is 4.22. The van der Waals surface area contributed by atoms with Gasteiger partial charge in [0.2, 0.25) is 20.0 Å². The number of rotatable bonds is 7. The van der Waals surface area contributed by atoms with Crippen LogP contribution >= 0.6 is 0 Å². The van der Waals surface area contributed by atoms with E-state index in [0.717, 1.165) is 0 Å². The highest BCUT2D eigenvalue weighted by Gasteiger charge is 2.16. The van der Waals surface area contributed by atoms with E-state index in [2.05, 4.69) is 11.4 Å². The fraction of sp³-hybridized carbons (Fsp3) is 0.571. The fourth-order valence-corrected chi connectivity index (χ4v) is 3.11. The van der Waals surface area contributed by atoms with Crippen molar-refractivity contribution < 1.29 is 26.5 Å². The van der Waals surface area contributed by atoms with Gasteiger partial charge in [0.1, 0.15) is 0 Å². The molecule has 0 radical (unpaired) electrons. The minimum absolute atomic E-state index is 0.196. The zero-order valence-corrected chi connectivity index (χ0v) is 11.0. The van der Waals surface area contributed by atoms with Crippen LogP contribution in [0.3, 0.4) is 0 Å². The molecule has 0 aromatic heterocycles.